The number of nitrogens with one attached hydrogen (secondary N) is 1. The Labute approximate surface area is 171 Å². The molecular weight excluding hydrogens is 401 g/mol. The van der Waals surface area contributed by atoms with Crippen LogP contribution in [0.2, 0.25) is 5.02 Å². The van der Waals surface area contributed by atoms with Gasteiger partial charge in [-0.05, 0) is 25.5 Å². The van der Waals surface area contributed by atoms with Gasteiger partial charge in [0.1, 0.15) is 18.0 Å². The summed E-state index contributed by atoms with van der Waals surface area (Å²) in [6.45, 7) is 2.44. The van der Waals surface area contributed by atoms with Crippen LogP contribution in [-0.2, 0) is 11.3 Å². The van der Waals surface area contributed by atoms with Crippen LogP contribution < -0.4 is 5.32 Å². The predicted molar refractivity (Wildman–Crippen MR) is 105 cm³/mol. The Bertz CT molecular complexity index is 1040. The third kappa shape index (κ3) is 3.14. The van der Waals surface area contributed by atoms with Crippen LogP contribution in [-0.4, -0.2) is 53.7 Å². The first kappa shape index (κ1) is 20.0. The number of hydrogen-bond acceptors (Lipinski definition) is 7. The molecule has 0 aliphatic carbocycles. The maximum absolute atomic E-state index is 15.5. The molecule has 10 heteroatoms. The minimum atomic E-state index is -2.19. The summed E-state index contributed by atoms with van der Waals surface area (Å²) >= 11 is 6.19. The number of alkyl halides is 1. The lowest BCUT2D eigenvalue weighted by Crippen LogP contribution is -2.51. The molecule has 1 aliphatic rings. The van der Waals surface area contributed by atoms with Crippen molar-refractivity contribution in [3.8, 4) is 0 Å². The zero-order chi connectivity index (χ0) is 20.8. The van der Waals surface area contributed by atoms with Crippen molar-refractivity contribution in [2.24, 2.45) is 0 Å². The molecule has 3 aromatic rings. The number of rotatable bonds is 5. The zero-order valence-electron chi connectivity index (χ0n) is 15.9. The van der Waals surface area contributed by atoms with Gasteiger partial charge in [-0.25, -0.2) is 19.3 Å². The third-order valence-corrected chi connectivity index (χ3v) is 5.92. The Balaban J connectivity index is 1.67. The molecule has 0 bridgehead atoms. The van der Waals surface area contributed by atoms with E-state index in [-0.39, 0.29) is 0 Å². The van der Waals surface area contributed by atoms with Crippen molar-refractivity contribution in [3.05, 3.63) is 47.5 Å². The Hall–Kier alpha value is -2.33. The average Bonchev–Trinajstić information content (AvgIpc) is 3.18. The fraction of sp³-hybridized carbons (Fsp3) is 0.421. The van der Waals surface area contributed by atoms with Crippen LogP contribution in [0.5, 0.6) is 0 Å². The minimum absolute atomic E-state index is 0.338. The number of nitrogens with zero attached hydrogens (tertiary/aromatic N) is 4. The Kier molecular flexibility index (Phi) is 4.94. The molecule has 2 aromatic heterocycles. The molecular formula is C19H21ClFN5O3. The molecule has 154 valence electrons. The average molecular weight is 422 g/mol. The lowest BCUT2D eigenvalue weighted by molar-refractivity contribution is -0.0891. The van der Waals surface area contributed by atoms with Crippen molar-refractivity contribution < 1.29 is 19.3 Å². The fourth-order valence-corrected chi connectivity index (χ4v) is 3.70. The van der Waals surface area contributed by atoms with Crippen molar-refractivity contribution in [3.63, 3.8) is 0 Å². The van der Waals surface area contributed by atoms with E-state index >= 15 is 4.39 Å². The number of imidazole rings is 1. The summed E-state index contributed by atoms with van der Waals surface area (Å²) < 4.78 is 22.5. The number of anilines is 1. The highest BCUT2D eigenvalue weighted by Gasteiger charge is 2.63. The highest BCUT2D eigenvalue weighted by Crippen LogP contribution is 2.48. The third-order valence-electron chi connectivity index (χ3n) is 5.55. The summed E-state index contributed by atoms with van der Waals surface area (Å²) in [4.78, 5) is 12.8. The van der Waals surface area contributed by atoms with Crippen molar-refractivity contribution in [2.45, 2.75) is 44.0 Å². The van der Waals surface area contributed by atoms with Crippen LogP contribution in [0.15, 0.2) is 36.9 Å². The topological polar surface area (TPSA) is 105 Å². The smallest absolute Gasteiger partial charge is 0.183 e. The molecule has 1 saturated heterocycles. The van der Waals surface area contributed by atoms with Gasteiger partial charge in [-0.2, -0.15) is 0 Å². The van der Waals surface area contributed by atoms with Gasteiger partial charge in [0, 0.05) is 11.6 Å². The molecule has 0 saturated carbocycles. The van der Waals surface area contributed by atoms with E-state index in [0.29, 0.717) is 28.5 Å². The standard InChI is InChI=1S/C19H21ClFN5O3/c1-18(21)17(29-13(8-27)19(18,2)28)26-10-25-14-15(23-9-24-16(14)26)22-7-11-5-3-4-6-12(11)20/h3-6,9-10,13,17,27-28H,7-8H2,1-2H3,(H,22,23,24)/t13-,17?,18+,19?/m1/s1. The first-order valence-corrected chi connectivity index (χ1v) is 9.47. The monoisotopic (exact) mass is 421 g/mol. The van der Waals surface area contributed by atoms with E-state index in [0.717, 1.165) is 5.56 Å². The van der Waals surface area contributed by atoms with Gasteiger partial charge >= 0.3 is 0 Å². The van der Waals surface area contributed by atoms with Crippen LogP contribution in [0.25, 0.3) is 11.2 Å². The minimum Gasteiger partial charge on any atom is -0.394 e. The summed E-state index contributed by atoms with van der Waals surface area (Å²) in [5.41, 5.74) is -2.43. The van der Waals surface area contributed by atoms with E-state index in [9.17, 15) is 10.2 Å². The van der Waals surface area contributed by atoms with E-state index in [4.69, 9.17) is 16.3 Å². The van der Waals surface area contributed by atoms with E-state index in [1.807, 2.05) is 18.2 Å². The summed E-state index contributed by atoms with van der Waals surface area (Å²) in [6.07, 6.45) is 0.422. The van der Waals surface area contributed by atoms with E-state index in [1.54, 1.807) is 6.07 Å². The van der Waals surface area contributed by atoms with Crippen LogP contribution in [0.4, 0.5) is 10.2 Å². The second-order valence-electron chi connectivity index (χ2n) is 7.37. The zero-order valence-corrected chi connectivity index (χ0v) is 16.6. The van der Waals surface area contributed by atoms with E-state index in [2.05, 4.69) is 20.3 Å². The Morgan fingerprint density at radius 3 is 2.72 bits per heavy atom. The molecule has 3 N–H and O–H groups in total. The van der Waals surface area contributed by atoms with Crippen LogP contribution >= 0.6 is 11.6 Å². The number of aliphatic hydroxyl groups is 2. The van der Waals surface area contributed by atoms with Crippen molar-refractivity contribution in [1.82, 2.24) is 19.5 Å². The normalized spacial score (nSPS) is 29.4. The molecule has 0 spiro atoms. The molecule has 1 fully saturated rings. The highest BCUT2D eigenvalue weighted by molar-refractivity contribution is 6.31. The molecule has 29 heavy (non-hydrogen) atoms. The highest BCUT2D eigenvalue weighted by atomic mass is 35.5. The predicted octanol–water partition coefficient (Wildman–Crippen LogP) is 2.46. The molecule has 8 nitrogen and oxygen atoms in total. The number of benzene rings is 1. The lowest BCUT2D eigenvalue weighted by atomic mass is 9.85. The number of fused-ring (bicyclic) bond motifs is 1. The van der Waals surface area contributed by atoms with Gasteiger partial charge in [-0.3, -0.25) is 4.57 Å². The molecule has 0 amide bonds. The molecule has 1 aliphatic heterocycles. The summed E-state index contributed by atoms with van der Waals surface area (Å²) in [6, 6.07) is 7.42. The summed E-state index contributed by atoms with van der Waals surface area (Å²) in [7, 11) is 0. The first-order valence-electron chi connectivity index (χ1n) is 9.09. The van der Waals surface area contributed by atoms with Crippen LogP contribution in [0.1, 0.15) is 25.6 Å². The molecule has 0 radical (unpaired) electrons. The summed E-state index contributed by atoms with van der Waals surface area (Å²) in [5, 5.41) is 23.8. The quantitative estimate of drug-likeness (QED) is 0.581. The van der Waals surface area contributed by atoms with Crippen molar-refractivity contribution in [2.75, 3.05) is 11.9 Å². The maximum atomic E-state index is 15.5. The number of hydrogen-bond donors (Lipinski definition) is 3. The lowest BCUT2D eigenvalue weighted by Gasteiger charge is -2.32. The second kappa shape index (κ2) is 7.17. The van der Waals surface area contributed by atoms with Gasteiger partial charge < -0.3 is 20.3 Å². The molecule has 1 aromatic carbocycles. The van der Waals surface area contributed by atoms with Gasteiger partial charge in [0.2, 0.25) is 0 Å². The molecule has 4 atom stereocenters. The van der Waals surface area contributed by atoms with Gasteiger partial charge in [0.15, 0.2) is 28.9 Å². The van der Waals surface area contributed by atoms with Crippen LogP contribution in [0, 0.1) is 0 Å². The molecule has 2 unspecified atom stereocenters. The van der Waals surface area contributed by atoms with Crippen molar-refractivity contribution in [1.29, 1.82) is 0 Å². The van der Waals surface area contributed by atoms with Gasteiger partial charge in [-0.15, -0.1) is 0 Å². The number of halogens is 2. The van der Waals surface area contributed by atoms with E-state index in [1.165, 1.54) is 31.1 Å². The SMILES string of the molecule is CC1(O)[C@@H](CO)OC(n2cnc3c(NCc4ccccc4Cl)ncnc32)[C@]1(C)F. The molecule has 3 heterocycles. The second-order valence-corrected chi connectivity index (χ2v) is 7.78. The van der Waals surface area contributed by atoms with Crippen molar-refractivity contribution >= 4 is 28.6 Å². The fourth-order valence-electron chi connectivity index (χ4n) is 3.50. The Morgan fingerprint density at radius 1 is 1.28 bits per heavy atom. The number of ether oxygens (including phenoxy) is 1. The summed E-state index contributed by atoms with van der Waals surface area (Å²) in [5.74, 6) is 0.456. The largest absolute Gasteiger partial charge is 0.394 e. The number of aromatic nitrogens is 4. The van der Waals surface area contributed by atoms with Crippen LogP contribution in [0.3, 0.4) is 0 Å². The Morgan fingerprint density at radius 2 is 2.03 bits per heavy atom. The maximum Gasteiger partial charge on any atom is 0.183 e. The van der Waals surface area contributed by atoms with Gasteiger partial charge in [0.25, 0.3) is 0 Å². The van der Waals surface area contributed by atoms with E-state index < -0.39 is 30.2 Å². The first-order chi connectivity index (χ1) is 13.8. The van der Waals surface area contributed by atoms with Gasteiger partial charge in [-0.1, -0.05) is 29.8 Å². The number of aliphatic hydroxyl groups excluding tert-OH is 1. The van der Waals surface area contributed by atoms with Gasteiger partial charge in [0.05, 0.1) is 12.9 Å². The molecule has 4 rings (SSSR count).